The summed E-state index contributed by atoms with van der Waals surface area (Å²) in [6, 6.07) is 28.3. The lowest BCUT2D eigenvalue weighted by Gasteiger charge is -2.23. The van der Waals surface area contributed by atoms with Gasteiger partial charge in [0.15, 0.2) is 5.12 Å². The van der Waals surface area contributed by atoms with Gasteiger partial charge in [-0.3, -0.25) is 4.57 Å². The number of rotatable bonds is 8. The summed E-state index contributed by atoms with van der Waals surface area (Å²) < 4.78 is 25.0. The highest BCUT2D eigenvalue weighted by Gasteiger charge is 2.36. The molecule has 3 aromatic carbocycles. The van der Waals surface area contributed by atoms with Gasteiger partial charge in [0, 0.05) is 0 Å². The number of benzene rings is 3. The Balaban J connectivity index is 1.78. The summed E-state index contributed by atoms with van der Waals surface area (Å²) >= 11 is 6.53. The third-order valence-corrected chi connectivity index (χ3v) is 6.66. The SMILES string of the molecule is O=P(OCc1ccccc1)(OCc1ccccc1)C(Cl)c1ccccc1. The van der Waals surface area contributed by atoms with Gasteiger partial charge in [-0.05, 0) is 16.7 Å². The Morgan fingerprint density at radius 2 is 1.08 bits per heavy atom. The van der Waals surface area contributed by atoms with Crippen molar-refractivity contribution in [2.45, 2.75) is 18.3 Å². The number of hydrogen-bond donors (Lipinski definition) is 0. The summed E-state index contributed by atoms with van der Waals surface area (Å²) in [5.74, 6) is 0. The van der Waals surface area contributed by atoms with E-state index in [1.165, 1.54) is 0 Å². The van der Waals surface area contributed by atoms with Gasteiger partial charge in [-0.2, -0.15) is 0 Å². The molecule has 1 unspecified atom stereocenters. The first-order chi connectivity index (χ1) is 12.7. The van der Waals surface area contributed by atoms with E-state index in [0.29, 0.717) is 5.56 Å². The van der Waals surface area contributed by atoms with E-state index in [4.69, 9.17) is 20.6 Å². The molecule has 3 aromatic rings. The molecule has 0 heterocycles. The molecule has 0 N–H and O–H groups in total. The highest BCUT2D eigenvalue weighted by Crippen LogP contribution is 2.63. The number of hydrogen-bond acceptors (Lipinski definition) is 3. The molecule has 134 valence electrons. The van der Waals surface area contributed by atoms with Crippen LogP contribution in [0, 0.1) is 0 Å². The van der Waals surface area contributed by atoms with Crippen molar-refractivity contribution in [1.29, 1.82) is 0 Å². The predicted octanol–water partition coefficient (Wildman–Crippen LogP) is 6.55. The number of halogens is 1. The summed E-state index contributed by atoms with van der Waals surface area (Å²) in [6.07, 6.45) is 0. The third kappa shape index (κ3) is 5.06. The van der Waals surface area contributed by atoms with Crippen molar-refractivity contribution < 1.29 is 13.6 Å². The zero-order chi connectivity index (χ0) is 18.2. The first-order valence-electron chi connectivity index (χ1n) is 8.33. The van der Waals surface area contributed by atoms with Crippen molar-refractivity contribution in [3.63, 3.8) is 0 Å². The minimum Gasteiger partial charge on any atom is -0.302 e. The maximum absolute atomic E-state index is 13.5. The summed E-state index contributed by atoms with van der Waals surface area (Å²) in [5.41, 5.74) is 2.53. The minimum atomic E-state index is -3.60. The molecule has 0 aliphatic heterocycles. The molecule has 0 saturated heterocycles. The van der Waals surface area contributed by atoms with E-state index in [0.717, 1.165) is 11.1 Å². The fraction of sp³-hybridized carbons (Fsp3) is 0.143. The van der Waals surface area contributed by atoms with Crippen molar-refractivity contribution in [3.8, 4) is 0 Å². The molecule has 0 radical (unpaired) electrons. The third-order valence-electron chi connectivity index (χ3n) is 3.86. The Morgan fingerprint density at radius 1 is 0.692 bits per heavy atom. The Kier molecular flexibility index (Phi) is 6.65. The average molecular weight is 387 g/mol. The van der Waals surface area contributed by atoms with E-state index < -0.39 is 12.7 Å². The Hall–Kier alpha value is -1.90. The molecule has 0 aliphatic carbocycles. The van der Waals surface area contributed by atoms with Gasteiger partial charge in [-0.1, -0.05) is 91.0 Å². The van der Waals surface area contributed by atoms with Crippen LogP contribution in [-0.2, 0) is 26.8 Å². The van der Waals surface area contributed by atoms with Gasteiger partial charge < -0.3 is 9.05 Å². The van der Waals surface area contributed by atoms with Gasteiger partial charge >= 0.3 is 7.60 Å². The maximum atomic E-state index is 13.5. The molecule has 26 heavy (non-hydrogen) atoms. The Morgan fingerprint density at radius 3 is 1.50 bits per heavy atom. The second-order valence-electron chi connectivity index (χ2n) is 5.80. The lowest BCUT2D eigenvalue weighted by Crippen LogP contribution is -2.03. The maximum Gasteiger partial charge on any atom is 0.353 e. The molecule has 3 rings (SSSR count). The summed E-state index contributed by atoms with van der Waals surface area (Å²) in [5, 5.41) is -0.879. The topological polar surface area (TPSA) is 35.5 Å². The first-order valence-corrected chi connectivity index (χ1v) is 10.4. The van der Waals surface area contributed by atoms with Crippen LogP contribution < -0.4 is 0 Å². The lowest BCUT2D eigenvalue weighted by atomic mass is 10.2. The van der Waals surface area contributed by atoms with Crippen LogP contribution in [0.1, 0.15) is 21.8 Å². The van der Waals surface area contributed by atoms with Crippen LogP contribution in [0.5, 0.6) is 0 Å². The van der Waals surface area contributed by atoms with Crippen LogP contribution in [0.3, 0.4) is 0 Å². The monoisotopic (exact) mass is 386 g/mol. The highest BCUT2D eigenvalue weighted by atomic mass is 35.5. The number of alkyl halides is 1. The van der Waals surface area contributed by atoms with Crippen LogP contribution in [0.2, 0.25) is 0 Å². The van der Waals surface area contributed by atoms with Crippen molar-refractivity contribution in [2.75, 3.05) is 0 Å². The van der Waals surface area contributed by atoms with Gasteiger partial charge in [0.25, 0.3) is 0 Å². The molecular formula is C21H20ClO3P. The van der Waals surface area contributed by atoms with E-state index in [1.807, 2.05) is 91.0 Å². The zero-order valence-electron chi connectivity index (χ0n) is 14.2. The molecule has 0 aromatic heterocycles. The predicted molar refractivity (Wildman–Crippen MR) is 105 cm³/mol. The fourth-order valence-corrected chi connectivity index (χ4v) is 4.46. The van der Waals surface area contributed by atoms with E-state index in [9.17, 15) is 4.57 Å². The van der Waals surface area contributed by atoms with Crippen molar-refractivity contribution >= 4 is 19.2 Å². The normalized spacial score (nSPS) is 12.7. The molecule has 3 nitrogen and oxygen atoms in total. The largest absolute Gasteiger partial charge is 0.353 e. The van der Waals surface area contributed by atoms with E-state index in [2.05, 4.69) is 0 Å². The van der Waals surface area contributed by atoms with E-state index in [1.54, 1.807) is 0 Å². The lowest BCUT2D eigenvalue weighted by molar-refractivity contribution is 0.189. The molecule has 0 fully saturated rings. The van der Waals surface area contributed by atoms with Crippen molar-refractivity contribution in [3.05, 3.63) is 108 Å². The highest BCUT2D eigenvalue weighted by molar-refractivity contribution is 7.56. The van der Waals surface area contributed by atoms with Crippen molar-refractivity contribution in [2.24, 2.45) is 0 Å². The molecule has 0 bridgehead atoms. The van der Waals surface area contributed by atoms with Gasteiger partial charge in [0.05, 0.1) is 13.2 Å². The smallest absolute Gasteiger partial charge is 0.302 e. The zero-order valence-corrected chi connectivity index (χ0v) is 15.9. The molecular weight excluding hydrogens is 367 g/mol. The molecule has 0 spiro atoms. The molecule has 0 amide bonds. The Labute approximate surface area is 159 Å². The fourth-order valence-electron chi connectivity index (χ4n) is 2.44. The molecule has 5 heteroatoms. The second kappa shape index (κ2) is 9.16. The van der Waals surface area contributed by atoms with Crippen LogP contribution in [0.4, 0.5) is 0 Å². The molecule has 1 atom stereocenters. The van der Waals surface area contributed by atoms with Crippen LogP contribution in [-0.4, -0.2) is 0 Å². The van der Waals surface area contributed by atoms with Gasteiger partial charge in [-0.25, -0.2) is 0 Å². The van der Waals surface area contributed by atoms with Crippen molar-refractivity contribution in [1.82, 2.24) is 0 Å². The standard InChI is InChI=1S/C21H20ClO3P/c22-21(20-14-8-3-9-15-20)26(23,24-16-18-10-4-1-5-11-18)25-17-19-12-6-2-7-13-19/h1-15,21H,16-17H2. The quantitative estimate of drug-likeness (QED) is 0.325. The summed E-state index contributed by atoms with van der Waals surface area (Å²) in [4.78, 5) is 0. The van der Waals surface area contributed by atoms with Gasteiger partial charge in [0.2, 0.25) is 0 Å². The van der Waals surface area contributed by atoms with Crippen LogP contribution in [0.25, 0.3) is 0 Å². The van der Waals surface area contributed by atoms with E-state index >= 15 is 0 Å². The van der Waals surface area contributed by atoms with Crippen LogP contribution in [0.15, 0.2) is 91.0 Å². The minimum absolute atomic E-state index is 0.170. The summed E-state index contributed by atoms with van der Waals surface area (Å²) in [6.45, 7) is 0.339. The molecule has 0 saturated carbocycles. The van der Waals surface area contributed by atoms with Gasteiger partial charge in [0.1, 0.15) is 0 Å². The van der Waals surface area contributed by atoms with Crippen LogP contribution >= 0.6 is 19.2 Å². The second-order valence-corrected chi connectivity index (χ2v) is 8.66. The summed E-state index contributed by atoms with van der Waals surface area (Å²) in [7, 11) is -3.60. The van der Waals surface area contributed by atoms with E-state index in [-0.39, 0.29) is 13.2 Å². The van der Waals surface area contributed by atoms with Gasteiger partial charge in [-0.15, -0.1) is 11.6 Å². The molecule has 0 aliphatic rings. The average Bonchev–Trinajstić information content (AvgIpc) is 2.72. The Bertz CT molecular complexity index is 793. The first kappa shape index (κ1) is 18.9.